The lowest BCUT2D eigenvalue weighted by atomic mass is 9.95. The standard InChI is InChI=1S/C29H25N3O3/c1-34-25-18-22(13-15-24(25)35-19-20-8-3-2-4-9-20)27(32-26-11-5-6-16-30-26)23-14-12-21-10-7-17-31-28(21)29(23)33/h2-18,27,33H,19H2,1H3,(H,30,32). The maximum atomic E-state index is 11.2. The molecule has 35 heavy (non-hydrogen) atoms. The summed E-state index contributed by atoms with van der Waals surface area (Å²) in [7, 11) is 1.62. The first-order valence-corrected chi connectivity index (χ1v) is 11.3. The highest BCUT2D eigenvalue weighted by Gasteiger charge is 2.22. The van der Waals surface area contributed by atoms with Gasteiger partial charge in [-0.25, -0.2) is 4.98 Å². The molecule has 2 N–H and O–H groups in total. The summed E-state index contributed by atoms with van der Waals surface area (Å²) in [6.07, 6.45) is 3.40. The Morgan fingerprint density at radius 3 is 2.46 bits per heavy atom. The van der Waals surface area contributed by atoms with Gasteiger partial charge in [-0.05, 0) is 41.5 Å². The number of nitrogens with zero attached hydrogens (tertiary/aromatic N) is 2. The zero-order valence-electron chi connectivity index (χ0n) is 19.3. The van der Waals surface area contributed by atoms with Crippen LogP contribution in [0.3, 0.4) is 0 Å². The number of phenols is 1. The molecule has 5 rings (SSSR count). The molecule has 0 spiro atoms. The molecule has 0 radical (unpaired) electrons. The number of nitrogens with one attached hydrogen (secondary N) is 1. The minimum absolute atomic E-state index is 0.125. The van der Waals surface area contributed by atoms with E-state index in [0.29, 0.717) is 35.0 Å². The molecule has 0 amide bonds. The lowest BCUT2D eigenvalue weighted by Gasteiger charge is -2.23. The fraction of sp³-hybridized carbons (Fsp3) is 0.103. The number of ether oxygens (including phenoxy) is 2. The van der Waals surface area contributed by atoms with Gasteiger partial charge in [0.1, 0.15) is 23.7 Å². The van der Waals surface area contributed by atoms with Gasteiger partial charge in [0, 0.05) is 23.3 Å². The number of anilines is 1. The van der Waals surface area contributed by atoms with Crippen molar-refractivity contribution in [3.63, 3.8) is 0 Å². The Hall–Kier alpha value is -4.58. The summed E-state index contributed by atoms with van der Waals surface area (Å²) >= 11 is 0. The van der Waals surface area contributed by atoms with Crippen molar-refractivity contribution in [3.8, 4) is 17.2 Å². The van der Waals surface area contributed by atoms with Crippen molar-refractivity contribution < 1.29 is 14.6 Å². The molecule has 174 valence electrons. The molecule has 1 atom stereocenters. The second kappa shape index (κ2) is 10.1. The number of aromatic nitrogens is 2. The summed E-state index contributed by atoms with van der Waals surface area (Å²) in [5.74, 6) is 2.05. The number of hydrogen-bond donors (Lipinski definition) is 2. The number of phenolic OH excluding ortho intramolecular Hbond substituents is 1. The molecule has 6 heteroatoms. The maximum absolute atomic E-state index is 11.2. The van der Waals surface area contributed by atoms with Gasteiger partial charge < -0.3 is 19.9 Å². The summed E-state index contributed by atoms with van der Waals surface area (Å²) in [5, 5.41) is 15.5. The third-order valence-electron chi connectivity index (χ3n) is 5.81. The molecule has 0 aliphatic rings. The SMILES string of the molecule is COc1cc(C(Nc2ccccn2)c2ccc3cccnc3c2O)ccc1OCc1ccccc1. The molecule has 0 bridgehead atoms. The minimum Gasteiger partial charge on any atom is -0.505 e. The monoisotopic (exact) mass is 463 g/mol. The largest absolute Gasteiger partial charge is 0.505 e. The van der Waals surface area contributed by atoms with Gasteiger partial charge in [0.2, 0.25) is 0 Å². The van der Waals surface area contributed by atoms with Crippen molar-refractivity contribution in [3.05, 3.63) is 120 Å². The van der Waals surface area contributed by atoms with Gasteiger partial charge in [0.05, 0.1) is 13.2 Å². The van der Waals surface area contributed by atoms with Crippen LogP contribution in [0.4, 0.5) is 5.82 Å². The van der Waals surface area contributed by atoms with Crippen LogP contribution < -0.4 is 14.8 Å². The van der Waals surface area contributed by atoms with Gasteiger partial charge in [-0.15, -0.1) is 0 Å². The fourth-order valence-electron chi connectivity index (χ4n) is 4.03. The predicted octanol–water partition coefficient (Wildman–Crippen LogP) is 6.12. The second-order valence-corrected chi connectivity index (χ2v) is 8.06. The highest BCUT2D eigenvalue weighted by atomic mass is 16.5. The lowest BCUT2D eigenvalue weighted by Crippen LogP contribution is -2.14. The van der Waals surface area contributed by atoms with E-state index in [4.69, 9.17) is 9.47 Å². The fourth-order valence-corrected chi connectivity index (χ4v) is 4.03. The number of methoxy groups -OCH3 is 1. The average molecular weight is 464 g/mol. The number of pyridine rings is 2. The predicted molar refractivity (Wildman–Crippen MR) is 137 cm³/mol. The third kappa shape index (κ3) is 4.87. The quantitative estimate of drug-likeness (QED) is 0.289. The third-order valence-corrected chi connectivity index (χ3v) is 5.81. The van der Waals surface area contributed by atoms with Crippen molar-refractivity contribution in [1.29, 1.82) is 0 Å². The van der Waals surface area contributed by atoms with Crippen LogP contribution in [0.15, 0.2) is 103 Å². The minimum atomic E-state index is -0.409. The van der Waals surface area contributed by atoms with Crippen molar-refractivity contribution in [2.24, 2.45) is 0 Å². The molecule has 6 nitrogen and oxygen atoms in total. The molecule has 5 aromatic rings. The maximum Gasteiger partial charge on any atom is 0.161 e. The van der Waals surface area contributed by atoms with Gasteiger partial charge in [-0.1, -0.05) is 60.7 Å². The van der Waals surface area contributed by atoms with Crippen LogP contribution >= 0.6 is 0 Å². The number of benzene rings is 3. The van der Waals surface area contributed by atoms with Gasteiger partial charge in [-0.2, -0.15) is 0 Å². The van der Waals surface area contributed by atoms with E-state index in [2.05, 4.69) is 15.3 Å². The van der Waals surface area contributed by atoms with Gasteiger partial charge in [-0.3, -0.25) is 4.98 Å². The molecule has 2 aromatic heterocycles. The Balaban J connectivity index is 1.53. The Morgan fingerprint density at radius 1 is 0.829 bits per heavy atom. The van der Waals surface area contributed by atoms with E-state index >= 15 is 0 Å². The molecule has 3 aromatic carbocycles. The van der Waals surface area contributed by atoms with Crippen molar-refractivity contribution in [2.75, 3.05) is 12.4 Å². The summed E-state index contributed by atoms with van der Waals surface area (Å²) in [6, 6.07) is 28.6. The molecule has 0 saturated heterocycles. The topological polar surface area (TPSA) is 76.5 Å². The summed E-state index contributed by atoms with van der Waals surface area (Å²) in [5.41, 5.74) is 3.18. The zero-order chi connectivity index (χ0) is 24.0. The van der Waals surface area contributed by atoms with Gasteiger partial charge in [0.25, 0.3) is 0 Å². The Bertz CT molecular complexity index is 1430. The Morgan fingerprint density at radius 2 is 1.66 bits per heavy atom. The molecule has 0 aliphatic carbocycles. The summed E-state index contributed by atoms with van der Waals surface area (Å²) in [6.45, 7) is 0.434. The van der Waals surface area contributed by atoms with E-state index in [9.17, 15) is 5.11 Å². The zero-order valence-corrected chi connectivity index (χ0v) is 19.3. The van der Waals surface area contributed by atoms with Crippen LogP contribution in [0.1, 0.15) is 22.7 Å². The van der Waals surface area contributed by atoms with Crippen molar-refractivity contribution in [2.45, 2.75) is 12.6 Å². The molecular weight excluding hydrogens is 438 g/mol. The average Bonchev–Trinajstić information content (AvgIpc) is 2.92. The highest BCUT2D eigenvalue weighted by Crippen LogP contribution is 2.39. The first-order chi connectivity index (χ1) is 17.2. The number of aromatic hydroxyl groups is 1. The number of hydrogen-bond acceptors (Lipinski definition) is 6. The van der Waals surface area contributed by atoms with E-state index in [1.165, 1.54) is 0 Å². The van der Waals surface area contributed by atoms with Gasteiger partial charge >= 0.3 is 0 Å². The van der Waals surface area contributed by atoms with Crippen LogP contribution in [-0.4, -0.2) is 22.2 Å². The normalized spacial score (nSPS) is 11.7. The van der Waals surface area contributed by atoms with Crippen LogP contribution in [0.2, 0.25) is 0 Å². The van der Waals surface area contributed by atoms with Crippen LogP contribution in [0, 0.1) is 0 Å². The molecule has 0 aliphatic heterocycles. The molecule has 2 heterocycles. The summed E-state index contributed by atoms with van der Waals surface area (Å²) in [4.78, 5) is 8.81. The highest BCUT2D eigenvalue weighted by molar-refractivity contribution is 5.86. The lowest BCUT2D eigenvalue weighted by molar-refractivity contribution is 0.284. The van der Waals surface area contributed by atoms with Gasteiger partial charge in [0.15, 0.2) is 11.5 Å². The molecular formula is C29H25N3O3. The number of fused-ring (bicyclic) bond motifs is 1. The first-order valence-electron chi connectivity index (χ1n) is 11.3. The van der Waals surface area contributed by atoms with Crippen LogP contribution in [-0.2, 0) is 6.61 Å². The molecule has 0 saturated carbocycles. The Kier molecular flexibility index (Phi) is 6.44. The van der Waals surface area contributed by atoms with Crippen LogP contribution in [0.5, 0.6) is 17.2 Å². The molecule has 1 unspecified atom stereocenters. The second-order valence-electron chi connectivity index (χ2n) is 8.06. The van der Waals surface area contributed by atoms with Crippen molar-refractivity contribution >= 4 is 16.7 Å². The smallest absolute Gasteiger partial charge is 0.161 e. The van der Waals surface area contributed by atoms with Crippen molar-refractivity contribution in [1.82, 2.24) is 9.97 Å². The molecule has 0 fully saturated rings. The number of rotatable bonds is 8. The van der Waals surface area contributed by atoms with E-state index in [-0.39, 0.29) is 5.75 Å². The van der Waals surface area contributed by atoms with E-state index in [0.717, 1.165) is 16.5 Å². The van der Waals surface area contributed by atoms with E-state index < -0.39 is 6.04 Å². The van der Waals surface area contributed by atoms with E-state index in [1.54, 1.807) is 19.5 Å². The Labute approximate surface area is 203 Å². The van der Waals surface area contributed by atoms with E-state index in [1.807, 2.05) is 91.0 Å². The first kappa shape index (κ1) is 22.2. The van der Waals surface area contributed by atoms with Crippen LogP contribution in [0.25, 0.3) is 10.9 Å². The summed E-state index contributed by atoms with van der Waals surface area (Å²) < 4.78 is 11.7.